The number of benzene rings is 1. The Bertz CT molecular complexity index is 468. The second kappa shape index (κ2) is 5.78. The minimum Gasteiger partial charge on any atom is -0.381 e. The molecule has 1 aromatic rings. The van der Waals surface area contributed by atoms with E-state index in [9.17, 15) is 8.78 Å². The molecule has 1 saturated heterocycles. The first-order valence-electron chi connectivity index (χ1n) is 7.42. The molecule has 3 rings (SSSR count). The Hall–Kier alpha value is -1.00. The number of hydrogen-bond acceptors (Lipinski definition) is 2. The summed E-state index contributed by atoms with van der Waals surface area (Å²) in [6.07, 6.45) is 5.26. The van der Waals surface area contributed by atoms with Crippen molar-refractivity contribution in [3.63, 3.8) is 0 Å². The molecule has 0 bridgehead atoms. The Kier molecular flexibility index (Phi) is 4.03. The summed E-state index contributed by atoms with van der Waals surface area (Å²) in [6.45, 7) is 2.46. The van der Waals surface area contributed by atoms with Crippen LogP contribution in [0.3, 0.4) is 0 Å². The largest absolute Gasteiger partial charge is 0.381 e. The van der Waals surface area contributed by atoms with Crippen LogP contribution in [0.4, 0.5) is 8.78 Å². The highest BCUT2D eigenvalue weighted by Crippen LogP contribution is 2.35. The average Bonchev–Trinajstić information content (AvgIpc) is 3.26. The number of halogens is 2. The summed E-state index contributed by atoms with van der Waals surface area (Å²) < 4.78 is 31.9. The van der Waals surface area contributed by atoms with E-state index < -0.39 is 11.6 Å². The lowest BCUT2D eigenvalue weighted by Crippen LogP contribution is -2.41. The molecule has 1 heterocycles. The van der Waals surface area contributed by atoms with E-state index in [0.29, 0.717) is 6.04 Å². The first-order chi connectivity index (χ1) is 9.67. The molecule has 0 unspecified atom stereocenters. The molecule has 1 aliphatic heterocycles. The van der Waals surface area contributed by atoms with E-state index in [-0.39, 0.29) is 5.41 Å². The van der Waals surface area contributed by atoms with Crippen molar-refractivity contribution in [1.82, 2.24) is 5.32 Å². The zero-order chi connectivity index (χ0) is 14.0. The number of nitrogens with one attached hydrogen (secondary N) is 1. The third-order valence-corrected chi connectivity index (χ3v) is 4.46. The van der Waals surface area contributed by atoms with Gasteiger partial charge in [-0.25, -0.2) is 8.78 Å². The van der Waals surface area contributed by atoms with Gasteiger partial charge in [-0.05, 0) is 55.2 Å². The summed E-state index contributed by atoms with van der Waals surface area (Å²) in [5.41, 5.74) is 0.994. The summed E-state index contributed by atoms with van der Waals surface area (Å²) in [4.78, 5) is 0. The molecule has 1 aliphatic carbocycles. The molecule has 2 aliphatic rings. The lowest BCUT2D eigenvalue weighted by Gasteiger charge is -2.38. The molecule has 4 heteroatoms. The van der Waals surface area contributed by atoms with Crippen molar-refractivity contribution in [2.24, 2.45) is 5.41 Å². The summed E-state index contributed by atoms with van der Waals surface area (Å²) in [5, 5.41) is 3.59. The van der Waals surface area contributed by atoms with Gasteiger partial charge < -0.3 is 10.1 Å². The lowest BCUT2D eigenvalue weighted by atomic mass is 9.75. The van der Waals surface area contributed by atoms with Crippen LogP contribution in [0.15, 0.2) is 18.2 Å². The van der Waals surface area contributed by atoms with Gasteiger partial charge in [0.05, 0.1) is 0 Å². The summed E-state index contributed by atoms with van der Waals surface area (Å²) in [6, 6.07) is 4.93. The maximum atomic E-state index is 13.4. The molecule has 110 valence electrons. The average molecular weight is 281 g/mol. The van der Waals surface area contributed by atoms with Gasteiger partial charge in [0.25, 0.3) is 0 Å². The normalized spacial score (nSPS) is 21.9. The minimum atomic E-state index is -0.772. The predicted molar refractivity (Wildman–Crippen MR) is 73.6 cm³/mol. The molecule has 0 spiro atoms. The SMILES string of the molecule is Fc1ccc(CC2(CNC3CC3)CCOCC2)cc1F. The van der Waals surface area contributed by atoms with Crippen LogP contribution in [0.1, 0.15) is 31.2 Å². The summed E-state index contributed by atoms with van der Waals surface area (Å²) >= 11 is 0. The van der Waals surface area contributed by atoms with Gasteiger partial charge in [-0.1, -0.05) is 6.07 Å². The van der Waals surface area contributed by atoms with E-state index >= 15 is 0 Å². The third kappa shape index (κ3) is 3.36. The van der Waals surface area contributed by atoms with Crippen LogP contribution in [0.25, 0.3) is 0 Å². The standard InChI is InChI=1S/C16H21F2NO/c17-14-4-1-12(9-15(14)18)10-16(5-7-20-8-6-16)11-19-13-2-3-13/h1,4,9,13,19H,2-3,5-8,10-11H2. The predicted octanol–water partition coefficient (Wildman–Crippen LogP) is 3.06. The Morgan fingerprint density at radius 2 is 1.90 bits per heavy atom. The molecular formula is C16H21F2NO. The van der Waals surface area contributed by atoms with E-state index in [1.807, 2.05) is 0 Å². The second-order valence-electron chi connectivity index (χ2n) is 6.19. The summed E-state index contributed by atoms with van der Waals surface area (Å²) in [5.74, 6) is -1.52. The van der Waals surface area contributed by atoms with Gasteiger partial charge in [0.2, 0.25) is 0 Å². The molecule has 0 radical (unpaired) electrons. The van der Waals surface area contributed by atoms with Gasteiger partial charge in [0, 0.05) is 25.8 Å². The topological polar surface area (TPSA) is 21.3 Å². The van der Waals surface area contributed by atoms with Crippen molar-refractivity contribution in [3.05, 3.63) is 35.4 Å². The molecule has 2 fully saturated rings. The van der Waals surface area contributed by atoms with Crippen LogP contribution in [0, 0.1) is 17.0 Å². The molecule has 1 N–H and O–H groups in total. The van der Waals surface area contributed by atoms with Crippen LogP contribution in [-0.2, 0) is 11.2 Å². The van der Waals surface area contributed by atoms with E-state index in [0.717, 1.165) is 44.6 Å². The molecule has 20 heavy (non-hydrogen) atoms. The number of hydrogen-bond donors (Lipinski definition) is 1. The fourth-order valence-electron chi connectivity index (χ4n) is 2.95. The van der Waals surface area contributed by atoms with Crippen molar-refractivity contribution < 1.29 is 13.5 Å². The minimum absolute atomic E-state index is 0.116. The molecule has 0 amide bonds. The van der Waals surface area contributed by atoms with Gasteiger partial charge in [0.1, 0.15) is 0 Å². The van der Waals surface area contributed by atoms with Crippen LogP contribution in [-0.4, -0.2) is 25.8 Å². The highest BCUT2D eigenvalue weighted by atomic mass is 19.2. The quantitative estimate of drug-likeness (QED) is 0.895. The van der Waals surface area contributed by atoms with E-state index in [2.05, 4.69) is 5.32 Å². The number of ether oxygens (including phenoxy) is 1. The molecule has 0 atom stereocenters. The monoisotopic (exact) mass is 281 g/mol. The van der Waals surface area contributed by atoms with E-state index in [1.165, 1.54) is 25.0 Å². The van der Waals surface area contributed by atoms with Gasteiger partial charge in [0.15, 0.2) is 11.6 Å². The molecule has 1 saturated carbocycles. The fourth-order valence-corrected chi connectivity index (χ4v) is 2.95. The van der Waals surface area contributed by atoms with E-state index in [1.54, 1.807) is 6.07 Å². The Labute approximate surface area is 118 Å². The maximum absolute atomic E-state index is 13.4. The zero-order valence-electron chi connectivity index (χ0n) is 11.6. The van der Waals surface area contributed by atoms with Crippen LogP contribution in [0.5, 0.6) is 0 Å². The second-order valence-corrected chi connectivity index (χ2v) is 6.19. The van der Waals surface area contributed by atoms with Crippen molar-refractivity contribution in [2.45, 2.75) is 38.1 Å². The molecule has 1 aromatic carbocycles. The van der Waals surface area contributed by atoms with Gasteiger partial charge in [-0.15, -0.1) is 0 Å². The highest BCUT2D eigenvalue weighted by Gasteiger charge is 2.34. The van der Waals surface area contributed by atoms with Crippen molar-refractivity contribution in [1.29, 1.82) is 0 Å². The Morgan fingerprint density at radius 1 is 1.15 bits per heavy atom. The van der Waals surface area contributed by atoms with Crippen LogP contribution >= 0.6 is 0 Å². The number of rotatable bonds is 5. The van der Waals surface area contributed by atoms with E-state index in [4.69, 9.17) is 4.74 Å². The first kappa shape index (κ1) is 14.0. The Morgan fingerprint density at radius 3 is 2.55 bits per heavy atom. The molecule has 0 aromatic heterocycles. The molecule has 2 nitrogen and oxygen atoms in total. The molecular weight excluding hydrogens is 260 g/mol. The fraction of sp³-hybridized carbons (Fsp3) is 0.625. The Balaban J connectivity index is 1.71. The van der Waals surface area contributed by atoms with Crippen molar-refractivity contribution in [2.75, 3.05) is 19.8 Å². The zero-order valence-corrected chi connectivity index (χ0v) is 11.6. The van der Waals surface area contributed by atoms with Gasteiger partial charge >= 0.3 is 0 Å². The van der Waals surface area contributed by atoms with Gasteiger partial charge in [-0.2, -0.15) is 0 Å². The van der Waals surface area contributed by atoms with Crippen molar-refractivity contribution >= 4 is 0 Å². The van der Waals surface area contributed by atoms with Crippen LogP contribution in [0.2, 0.25) is 0 Å². The van der Waals surface area contributed by atoms with Crippen molar-refractivity contribution in [3.8, 4) is 0 Å². The summed E-state index contributed by atoms with van der Waals surface area (Å²) in [7, 11) is 0. The smallest absolute Gasteiger partial charge is 0.159 e. The maximum Gasteiger partial charge on any atom is 0.159 e. The highest BCUT2D eigenvalue weighted by molar-refractivity contribution is 5.19. The third-order valence-electron chi connectivity index (χ3n) is 4.46. The van der Waals surface area contributed by atoms with Crippen LogP contribution < -0.4 is 5.32 Å². The lowest BCUT2D eigenvalue weighted by molar-refractivity contribution is 0.0147. The van der Waals surface area contributed by atoms with Gasteiger partial charge in [-0.3, -0.25) is 0 Å². The first-order valence-corrected chi connectivity index (χ1v) is 7.42.